The predicted molar refractivity (Wildman–Crippen MR) is 69.6 cm³/mol. The smallest absolute Gasteiger partial charge is 0.0625 e. The van der Waals surface area contributed by atoms with Crippen molar-refractivity contribution in [2.45, 2.75) is 65.7 Å². The van der Waals surface area contributed by atoms with Gasteiger partial charge in [0.15, 0.2) is 0 Å². The molecule has 0 bridgehead atoms. The zero-order chi connectivity index (χ0) is 11.8. The van der Waals surface area contributed by atoms with Crippen LogP contribution in [0.25, 0.3) is 0 Å². The van der Waals surface area contributed by atoms with Crippen LogP contribution in [-0.2, 0) is 12.8 Å². The summed E-state index contributed by atoms with van der Waals surface area (Å²) in [6.07, 6.45) is 8.95. The van der Waals surface area contributed by atoms with Gasteiger partial charge in [0.1, 0.15) is 0 Å². The summed E-state index contributed by atoms with van der Waals surface area (Å²) in [5.41, 5.74) is 2.53. The maximum absolute atomic E-state index is 4.36. The van der Waals surface area contributed by atoms with Crippen molar-refractivity contribution in [2.75, 3.05) is 0 Å². The first-order valence-electron chi connectivity index (χ1n) is 6.75. The van der Waals surface area contributed by atoms with Crippen LogP contribution in [-0.4, -0.2) is 10.2 Å². The molecule has 92 valence electrons. The van der Waals surface area contributed by atoms with Gasteiger partial charge in [-0.3, -0.25) is 5.10 Å². The van der Waals surface area contributed by atoms with Crippen LogP contribution in [0.5, 0.6) is 0 Å². The van der Waals surface area contributed by atoms with E-state index in [1.165, 1.54) is 43.5 Å². The van der Waals surface area contributed by atoms with E-state index < -0.39 is 0 Å². The molecular formula is C14H26N2. The second-order valence-corrected chi connectivity index (χ2v) is 5.15. The maximum atomic E-state index is 4.36. The summed E-state index contributed by atoms with van der Waals surface area (Å²) in [5, 5.41) is 7.50. The third-order valence-corrected chi connectivity index (χ3v) is 2.85. The van der Waals surface area contributed by atoms with E-state index in [-0.39, 0.29) is 0 Å². The van der Waals surface area contributed by atoms with Gasteiger partial charge in [-0.05, 0) is 31.2 Å². The Bertz CT molecular complexity index is 276. The van der Waals surface area contributed by atoms with Gasteiger partial charge < -0.3 is 0 Å². The fraction of sp³-hybridized carbons (Fsp3) is 0.786. The Morgan fingerprint density at radius 2 is 1.94 bits per heavy atom. The summed E-state index contributed by atoms with van der Waals surface area (Å²) in [7, 11) is 0. The minimum absolute atomic E-state index is 0.706. The molecule has 0 aliphatic rings. The fourth-order valence-electron chi connectivity index (χ4n) is 1.99. The summed E-state index contributed by atoms with van der Waals surface area (Å²) >= 11 is 0. The molecule has 2 heteroatoms. The molecular weight excluding hydrogens is 196 g/mol. The molecule has 2 nitrogen and oxygen atoms in total. The normalized spacial score (nSPS) is 11.2. The number of rotatable bonds is 8. The molecule has 0 atom stereocenters. The number of nitrogens with one attached hydrogen (secondary N) is 1. The Morgan fingerprint density at radius 1 is 1.19 bits per heavy atom. The standard InChI is InChI=1S/C14H26N2/c1-4-5-6-7-8-9-13-11-14(16-15-13)10-12(2)3/h11-12H,4-10H2,1-3H3,(H,15,16). The number of aryl methyl sites for hydroxylation is 1. The molecule has 0 spiro atoms. The first kappa shape index (κ1) is 13.3. The first-order chi connectivity index (χ1) is 7.72. The molecule has 1 aromatic heterocycles. The molecule has 0 radical (unpaired) electrons. The molecule has 0 aromatic carbocycles. The average molecular weight is 222 g/mol. The van der Waals surface area contributed by atoms with Crippen molar-refractivity contribution < 1.29 is 0 Å². The largest absolute Gasteiger partial charge is 0.282 e. The highest BCUT2D eigenvalue weighted by Crippen LogP contribution is 2.10. The highest BCUT2D eigenvalue weighted by Gasteiger charge is 2.03. The molecule has 0 saturated carbocycles. The predicted octanol–water partition coefficient (Wildman–Crippen LogP) is 4.12. The topological polar surface area (TPSA) is 28.7 Å². The Labute approximate surface area is 99.8 Å². The van der Waals surface area contributed by atoms with Gasteiger partial charge in [-0.15, -0.1) is 0 Å². The quantitative estimate of drug-likeness (QED) is 0.658. The summed E-state index contributed by atoms with van der Waals surface area (Å²) < 4.78 is 0. The van der Waals surface area contributed by atoms with Crippen LogP contribution in [0.2, 0.25) is 0 Å². The molecule has 0 aliphatic carbocycles. The lowest BCUT2D eigenvalue weighted by atomic mass is 10.1. The molecule has 0 aliphatic heterocycles. The van der Waals surface area contributed by atoms with Gasteiger partial charge in [0, 0.05) is 5.69 Å². The monoisotopic (exact) mass is 222 g/mol. The summed E-state index contributed by atoms with van der Waals surface area (Å²) in [5.74, 6) is 0.706. The molecule has 16 heavy (non-hydrogen) atoms. The van der Waals surface area contributed by atoms with E-state index in [0.29, 0.717) is 5.92 Å². The number of aromatic nitrogens is 2. The zero-order valence-electron chi connectivity index (χ0n) is 11.1. The molecule has 0 amide bonds. The van der Waals surface area contributed by atoms with Crippen molar-refractivity contribution in [3.05, 3.63) is 17.5 Å². The first-order valence-corrected chi connectivity index (χ1v) is 6.75. The highest BCUT2D eigenvalue weighted by molar-refractivity contribution is 5.09. The van der Waals surface area contributed by atoms with Gasteiger partial charge in [-0.1, -0.05) is 46.5 Å². The Balaban J connectivity index is 2.19. The van der Waals surface area contributed by atoms with Crippen molar-refractivity contribution >= 4 is 0 Å². The van der Waals surface area contributed by atoms with E-state index in [4.69, 9.17) is 0 Å². The Kier molecular flexibility index (Phi) is 6.20. The zero-order valence-corrected chi connectivity index (χ0v) is 11.1. The number of hydrogen-bond donors (Lipinski definition) is 1. The minimum Gasteiger partial charge on any atom is -0.282 e. The molecule has 1 aromatic rings. The van der Waals surface area contributed by atoms with E-state index in [9.17, 15) is 0 Å². The minimum atomic E-state index is 0.706. The SMILES string of the molecule is CCCCCCCc1cc(CC(C)C)[nH]n1. The lowest BCUT2D eigenvalue weighted by Crippen LogP contribution is -1.93. The number of aromatic amines is 1. The molecule has 1 rings (SSSR count). The number of nitrogens with zero attached hydrogens (tertiary/aromatic N) is 1. The molecule has 1 N–H and O–H groups in total. The van der Waals surface area contributed by atoms with E-state index in [2.05, 4.69) is 37.0 Å². The Morgan fingerprint density at radius 3 is 2.62 bits per heavy atom. The van der Waals surface area contributed by atoms with Crippen molar-refractivity contribution in [1.29, 1.82) is 0 Å². The molecule has 0 unspecified atom stereocenters. The van der Waals surface area contributed by atoms with Crippen molar-refractivity contribution in [2.24, 2.45) is 5.92 Å². The van der Waals surface area contributed by atoms with Gasteiger partial charge in [-0.25, -0.2) is 0 Å². The lowest BCUT2D eigenvalue weighted by molar-refractivity contribution is 0.627. The van der Waals surface area contributed by atoms with Gasteiger partial charge in [0.05, 0.1) is 5.69 Å². The van der Waals surface area contributed by atoms with Gasteiger partial charge in [-0.2, -0.15) is 5.10 Å². The fourth-order valence-corrected chi connectivity index (χ4v) is 1.99. The summed E-state index contributed by atoms with van der Waals surface area (Å²) in [4.78, 5) is 0. The van der Waals surface area contributed by atoms with Gasteiger partial charge in [0.2, 0.25) is 0 Å². The van der Waals surface area contributed by atoms with E-state index in [1.807, 2.05) is 0 Å². The average Bonchev–Trinajstić information content (AvgIpc) is 2.64. The van der Waals surface area contributed by atoms with Crippen LogP contribution >= 0.6 is 0 Å². The molecule has 0 saturated heterocycles. The lowest BCUT2D eigenvalue weighted by Gasteiger charge is -1.99. The van der Waals surface area contributed by atoms with Crippen LogP contribution in [0.3, 0.4) is 0 Å². The third-order valence-electron chi connectivity index (χ3n) is 2.85. The second kappa shape index (κ2) is 7.48. The maximum Gasteiger partial charge on any atom is 0.0625 e. The van der Waals surface area contributed by atoms with Crippen molar-refractivity contribution in [3.63, 3.8) is 0 Å². The van der Waals surface area contributed by atoms with Crippen LogP contribution in [0.1, 0.15) is 64.3 Å². The van der Waals surface area contributed by atoms with E-state index in [0.717, 1.165) is 12.8 Å². The highest BCUT2D eigenvalue weighted by atomic mass is 15.1. The van der Waals surface area contributed by atoms with Crippen molar-refractivity contribution in [3.8, 4) is 0 Å². The molecule has 0 fully saturated rings. The number of H-pyrrole nitrogens is 1. The second-order valence-electron chi connectivity index (χ2n) is 5.15. The van der Waals surface area contributed by atoms with Crippen LogP contribution in [0.15, 0.2) is 6.07 Å². The number of hydrogen-bond acceptors (Lipinski definition) is 1. The van der Waals surface area contributed by atoms with Gasteiger partial charge >= 0.3 is 0 Å². The van der Waals surface area contributed by atoms with Crippen LogP contribution in [0.4, 0.5) is 0 Å². The van der Waals surface area contributed by atoms with Gasteiger partial charge in [0.25, 0.3) is 0 Å². The third kappa shape index (κ3) is 5.34. The van der Waals surface area contributed by atoms with E-state index in [1.54, 1.807) is 0 Å². The van der Waals surface area contributed by atoms with Crippen LogP contribution in [0, 0.1) is 5.92 Å². The van der Waals surface area contributed by atoms with E-state index >= 15 is 0 Å². The van der Waals surface area contributed by atoms with Crippen LogP contribution < -0.4 is 0 Å². The van der Waals surface area contributed by atoms with Crippen molar-refractivity contribution in [1.82, 2.24) is 10.2 Å². The number of unbranched alkanes of at least 4 members (excludes halogenated alkanes) is 4. The Hall–Kier alpha value is -0.790. The summed E-state index contributed by atoms with van der Waals surface area (Å²) in [6, 6.07) is 2.24. The molecule has 1 heterocycles. The summed E-state index contributed by atoms with van der Waals surface area (Å²) in [6.45, 7) is 6.74.